The van der Waals surface area contributed by atoms with E-state index in [4.69, 9.17) is 29.4 Å². The number of rotatable bonds is 18. The first-order chi connectivity index (χ1) is 18.2. The van der Waals surface area contributed by atoms with Gasteiger partial charge in [-0.2, -0.15) is 0 Å². The summed E-state index contributed by atoms with van der Waals surface area (Å²) >= 11 is 0. The average Bonchev–Trinajstić information content (AvgIpc) is 2.89. The summed E-state index contributed by atoms with van der Waals surface area (Å²) in [6.07, 6.45) is 5.20. The molecule has 0 saturated heterocycles. The maximum absolute atomic E-state index is 12.6. The van der Waals surface area contributed by atoms with Crippen molar-refractivity contribution in [2.24, 2.45) is 5.73 Å². The van der Waals surface area contributed by atoms with E-state index in [-0.39, 0.29) is 50.4 Å². The van der Waals surface area contributed by atoms with Crippen LogP contribution in [0.1, 0.15) is 90.5 Å². The van der Waals surface area contributed by atoms with E-state index in [9.17, 15) is 19.2 Å². The van der Waals surface area contributed by atoms with Crippen LogP contribution in [0.15, 0.2) is 18.2 Å². The summed E-state index contributed by atoms with van der Waals surface area (Å²) in [5, 5.41) is 0. The Balaban J connectivity index is 3.01. The van der Waals surface area contributed by atoms with Crippen LogP contribution in [0.4, 0.5) is 4.79 Å². The molecule has 1 aromatic carbocycles. The third-order valence-electron chi connectivity index (χ3n) is 5.77. The lowest BCUT2D eigenvalue weighted by atomic mass is 9.88. The first kappa shape index (κ1) is 32.9. The van der Waals surface area contributed by atoms with Gasteiger partial charge in [0.05, 0.1) is 20.3 Å². The maximum Gasteiger partial charge on any atom is 0.508 e. The second-order valence-corrected chi connectivity index (χ2v) is 9.16. The summed E-state index contributed by atoms with van der Waals surface area (Å²) in [6, 6.07) is 4.64. The van der Waals surface area contributed by atoms with Crippen LogP contribution in [-0.2, 0) is 35.0 Å². The Morgan fingerprint density at radius 1 is 0.789 bits per heavy atom. The number of unbranched alkanes of at least 4 members (excludes halogenated alkanes) is 4. The molecule has 0 heterocycles. The van der Waals surface area contributed by atoms with Gasteiger partial charge in [0.2, 0.25) is 0 Å². The third kappa shape index (κ3) is 12.4. The van der Waals surface area contributed by atoms with E-state index >= 15 is 0 Å². The molecule has 2 N–H and O–H groups in total. The van der Waals surface area contributed by atoms with Gasteiger partial charge >= 0.3 is 24.1 Å². The summed E-state index contributed by atoms with van der Waals surface area (Å²) in [5.74, 6) is -1.43. The minimum Gasteiger partial charge on any atom is -0.468 e. The number of benzene rings is 1. The van der Waals surface area contributed by atoms with Crippen molar-refractivity contribution in [3.8, 4) is 11.5 Å². The standard InChI is InChI=1S/C28H43NO9/c1-5-8-11-17-35-27(33)36-18-16-28(29,26(32)34-4)20-21-14-15-22(37-24(30)12-9-6-2)23(19-21)38-25(31)13-10-7-3/h14-15,19H,5-13,16-18,20,29H2,1-4H3/t28-/m1/s1. The summed E-state index contributed by atoms with van der Waals surface area (Å²) in [7, 11) is 1.21. The molecule has 1 rings (SSSR count). The first-order valence-corrected chi connectivity index (χ1v) is 13.4. The highest BCUT2D eigenvalue weighted by atomic mass is 16.7. The Morgan fingerprint density at radius 2 is 1.37 bits per heavy atom. The lowest BCUT2D eigenvalue weighted by molar-refractivity contribution is -0.147. The van der Waals surface area contributed by atoms with E-state index in [1.54, 1.807) is 6.07 Å². The molecule has 0 amide bonds. The molecule has 10 heteroatoms. The highest BCUT2D eigenvalue weighted by molar-refractivity contribution is 5.81. The summed E-state index contributed by atoms with van der Waals surface area (Å²) in [6.45, 7) is 6.05. The minimum atomic E-state index is -1.54. The molecule has 0 fully saturated rings. The third-order valence-corrected chi connectivity index (χ3v) is 5.77. The van der Waals surface area contributed by atoms with Crippen molar-refractivity contribution in [3.05, 3.63) is 23.8 Å². The molecule has 0 aliphatic carbocycles. The number of ether oxygens (including phenoxy) is 5. The maximum atomic E-state index is 12.6. The van der Waals surface area contributed by atoms with Crippen molar-refractivity contribution in [1.29, 1.82) is 0 Å². The largest absolute Gasteiger partial charge is 0.508 e. The second-order valence-electron chi connectivity index (χ2n) is 9.16. The van der Waals surface area contributed by atoms with E-state index in [1.165, 1.54) is 19.2 Å². The second kappa shape index (κ2) is 18.2. The minimum absolute atomic E-state index is 0.0157. The molecule has 0 aliphatic heterocycles. The average molecular weight is 538 g/mol. The fourth-order valence-corrected chi connectivity index (χ4v) is 3.51. The normalized spacial score (nSPS) is 12.2. The van der Waals surface area contributed by atoms with Gasteiger partial charge in [-0.15, -0.1) is 0 Å². The molecule has 214 valence electrons. The number of methoxy groups -OCH3 is 1. The zero-order valence-electron chi connectivity index (χ0n) is 23.2. The van der Waals surface area contributed by atoms with Gasteiger partial charge < -0.3 is 29.4 Å². The molecule has 0 saturated carbocycles. The van der Waals surface area contributed by atoms with Gasteiger partial charge in [-0.1, -0.05) is 52.5 Å². The number of hydrogen-bond acceptors (Lipinski definition) is 10. The van der Waals surface area contributed by atoms with Crippen LogP contribution in [-0.4, -0.2) is 49.9 Å². The Morgan fingerprint density at radius 3 is 1.95 bits per heavy atom. The first-order valence-electron chi connectivity index (χ1n) is 13.4. The topological polar surface area (TPSA) is 140 Å². The lowest BCUT2D eigenvalue weighted by Gasteiger charge is -2.26. The van der Waals surface area contributed by atoms with Crippen LogP contribution >= 0.6 is 0 Å². The quantitative estimate of drug-likeness (QED) is 0.154. The molecule has 0 bridgehead atoms. The van der Waals surface area contributed by atoms with Gasteiger partial charge in [-0.3, -0.25) is 14.4 Å². The Bertz CT molecular complexity index is 902. The number of hydrogen-bond donors (Lipinski definition) is 1. The lowest BCUT2D eigenvalue weighted by Crippen LogP contribution is -2.51. The van der Waals surface area contributed by atoms with E-state index < -0.39 is 29.6 Å². The summed E-state index contributed by atoms with van der Waals surface area (Å²) in [4.78, 5) is 48.9. The van der Waals surface area contributed by atoms with Crippen molar-refractivity contribution in [2.75, 3.05) is 20.3 Å². The molecule has 0 aromatic heterocycles. The van der Waals surface area contributed by atoms with Gasteiger partial charge in [0.25, 0.3) is 0 Å². The van der Waals surface area contributed by atoms with Crippen LogP contribution in [0.2, 0.25) is 0 Å². The van der Waals surface area contributed by atoms with Gasteiger partial charge in [-0.05, 0) is 37.0 Å². The molecule has 0 unspecified atom stereocenters. The number of esters is 3. The molecule has 1 aromatic rings. The smallest absolute Gasteiger partial charge is 0.468 e. The molecule has 0 radical (unpaired) electrons. The van der Waals surface area contributed by atoms with Crippen LogP contribution in [0.5, 0.6) is 11.5 Å². The van der Waals surface area contributed by atoms with Crippen LogP contribution in [0.25, 0.3) is 0 Å². The summed E-state index contributed by atoms with van der Waals surface area (Å²) < 4.78 is 25.9. The van der Waals surface area contributed by atoms with Gasteiger partial charge in [0.1, 0.15) is 5.54 Å². The predicted molar refractivity (Wildman–Crippen MR) is 141 cm³/mol. The van der Waals surface area contributed by atoms with E-state index in [0.29, 0.717) is 18.4 Å². The van der Waals surface area contributed by atoms with Gasteiger partial charge in [0.15, 0.2) is 11.5 Å². The van der Waals surface area contributed by atoms with Crippen LogP contribution < -0.4 is 15.2 Å². The predicted octanol–water partition coefficient (Wildman–Crippen LogP) is 5.02. The van der Waals surface area contributed by atoms with E-state index in [0.717, 1.165) is 32.1 Å². The van der Waals surface area contributed by atoms with Crippen molar-refractivity contribution < 1.29 is 42.9 Å². The highest BCUT2D eigenvalue weighted by Gasteiger charge is 2.36. The van der Waals surface area contributed by atoms with Gasteiger partial charge in [0, 0.05) is 25.7 Å². The van der Waals surface area contributed by atoms with E-state index in [2.05, 4.69) is 0 Å². The Kier molecular flexibility index (Phi) is 15.7. The van der Waals surface area contributed by atoms with Crippen LogP contribution in [0.3, 0.4) is 0 Å². The Labute approximate surface area is 225 Å². The fourth-order valence-electron chi connectivity index (χ4n) is 3.51. The van der Waals surface area contributed by atoms with Gasteiger partial charge in [-0.25, -0.2) is 4.79 Å². The number of nitrogens with two attached hydrogens (primary N) is 1. The molecule has 0 spiro atoms. The zero-order chi connectivity index (χ0) is 28.4. The van der Waals surface area contributed by atoms with Crippen molar-refractivity contribution in [2.45, 2.75) is 96.9 Å². The molecule has 38 heavy (non-hydrogen) atoms. The van der Waals surface area contributed by atoms with Crippen LogP contribution in [0, 0.1) is 0 Å². The van der Waals surface area contributed by atoms with Crippen molar-refractivity contribution >= 4 is 24.1 Å². The number of carbonyl (C=O) groups excluding carboxylic acids is 4. The SMILES string of the molecule is CCCCCOC(=O)OCC[C@@](N)(Cc1ccc(OC(=O)CCCC)c(OC(=O)CCCC)c1)C(=O)OC. The molecular formula is C28H43NO9. The molecule has 0 aliphatic rings. The molecule has 1 atom stereocenters. The Hall–Kier alpha value is -3.14. The number of carbonyl (C=O) groups is 4. The monoisotopic (exact) mass is 537 g/mol. The fraction of sp³-hybridized carbons (Fsp3) is 0.643. The van der Waals surface area contributed by atoms with Crippen molar-refractivity contribution in [3.63, 3.8) is 0 Å². The van der Waals surface area contributed by atoms with Crippen molar-refractivity contribution in [1.82, 2.24) is 0 Å². The highest BCUT2D eigenvalue weighted by Crippen LogP contribution is 2.31. The van der Waals surface area contributed by atoms with E-state index in [1.807, 2.05) is 20.8 Å². The molecule has 10 nitrogen and oxygen atoms in total. The summed E-state index contributed by atoms with van der Waals surface area (Å²) in [5.41, 5.74) is 5.39. The zero-order valence-corrected chi connectivity index (χ0v) is 23.2. The molecular weight excluding hydrogens is 494 g/mol.